The van der Waals surface area contributed by atoms with Gasteiger partial charge in [0.25, 0.3) is 0 Å². The lowest BCUT2D eigenvalue weighted by molar-refractivity contribution is -0.141. The van der Waals surface area contributed by atoms with E-state index in [0.29, 0.717) is 11.6 Å². The van der Waals surface area contributed by atoms with Crippen LogP contribution in [-0.2, 0) is 11.3 Å². The second-order valence-electron chi connectivity index (χ2n) is 5.73. The maximum atomic E-state index is 11.6. The summed E-state index contributed by atoms with van der Waals surface area (Å²) in [5.41, 5.74) is 2.06. The highest BCUT2D eigenvalue weighted by atomic mass is 35.5. The molecule has 0 radical (unpaired) electrons. The van der Waals surface area contributed by atoms with E-state index in [9.17, 15) is 9.90 Å². The van der Waals surface area contributed by atoms with Crippen LogP contribution in [-0.4, -0.2) is 33.4 Å². The first kappa shape index (κ1) is 15.5. The fraction of sp³-hybridized carbons (Fsp3) is 0.375. The molecule has 1 N–H and O–H groups in total. The van der Waals surface area contributed by atoms with Crippen LogP contribution in [0.1, 0.15) is 22.1 Å². The predicted octanol–water partition coefficient (Wildman–Crippen LogP) is 3.41. The van der Waals surface area contributed by atoms with Gasteiger partial charge in [-0.15, -0.1) is 0 Å². The number of nitrogens with zero attached hydrogens (tertiary/aromatic N) is 2. The van der Waals surface area contributed by atoms with Crippen molar-refractivity contribution in [3.63, 3.8) is 0 Å². The van der Waals surface area contributed by atoms with E-state index in [0.717, 1.165) is 24.3 Å². The number of likely N-dealkylation sites (tertiary alicyclic amines) is 1. The van der Waals surface area contributed by atoms with Crippen LogP contribution in [0.3, 0.4) is 0 Å². The van der Waals surface area contributed by atoms with Gasteiger partial charge in [0.1, 0.15) is 0 Å². The summed E-state index contributed by atoms with van der Waals surface area (Å²) >= 11 is 7.41. The van der Waals surface area contributed by atoms with Gasteiger partial charge in [0.05, 0.1) is 11.6 Å². The quantitative estimate of drug-likeness (QED) is 0.929. The molecule has 1 aliphatic rings. The second kappa shape index (κ2) is 6.36. The number of carboxylic acid groups (broad SMARTS) is 1. The van der Waals surface area contributed by atoms with E-state index in [1.54, 1.807) is 0 Å². The van der Waals surface area contributed by atoms with Gasteiger partial charge >= 0.3 is 5.97 Å². The highest BCUT2D eigenvalue weighted by molar-refractivity contribution is 7.05. The minimum absolute atomic E-state index is 0.00350. The molecule has 0 unspecified atom stereocenters. The monoisotopic (exact) mass is 336 g/mol. The zero-order valence-corrected chi connectivity index (χ0v) is 13.8. The number of carboxylic acids is 1. The molecule has 1 aromatic carbocycles. The zero-order valence-electron chi connectivity index (χ0n) is 12.2. The molecule has 4 nitrogen and oxygen atoms in total. The van der Waals surface area contributed by atoms with Gasteiger partial charge in [-0.1, -0.05) is 23.7 Å². The summed E-state index contributed by atoms with van der Waals surface area (Å²) in [5.74, 6) is -1.11. The maximum Gasteiger partial charge on any atom is 0.308 e. The molecule has 2 atom stereocenters. The highest BCUT2D eigenvalue weighted by Crippen LogP contribution is 2.34. The van der Waals surface area contributed by atoms with E-state index >= 15 is 0 Å². The van der Waals surface area contributed by atoms with Crippen molar-refractivity contribution in [3.8, 4) is 0 Å². The Balaban J connectivity index is 1.77. The largest absolute Gasteiger partial charge is 0.481 e. The molecule has 1 fully saturated rings. The Morgan fingerprint density at radius 1 is 1.41 bits per heavy atom. The summed E-state index contributed by atoms with van der Waals surface area (Å²) in [6.07, 6.45) is 0. The molecule has 1 aliphatic heterocycles. The lowest BCUT2D eigenvalue weighted by Gasteiger charge is -2.15. The van der Waals surface area contributed by atoms with E-state index in [2.05, 4.69) is 15.3 Å². The average molecular weight is 337 g/mol. The standard InChI is InChI=1S/C16H17ClN2O2S/c1-10-6-13(22-18-10)7-19-8-14(15(9-19)16(20)21)11-2-4-12(17)5-3-11/h2-6,14-15H,7-9H2,1H3,(H,20,21)/t14-,15+/m1/s1. The average Bonchev–Trinajstić information content (AvgIpc) is 3.07. The van der Waals surface area contributed by atoms with E-state index in [1.165, 1.54) is 16.4 Å². The Morgan fingerprint density at radius 2 is 2.14 bits per heavy atom. The minimum atomic E-state index is -0.733. The van der Waals surface area contributed by atoms with Crippen LogP contribution in [0, 0.1) is 12.8 Å². The summed E-state index contributed by atoms with van der Waals surface area (Å²) in [6, 6.07) is 9.58. The van der Waals surface area contributed by atoms with Gasteiger partial charge in [0.15, 0.2) is 0 Å². The Morgan fingerprint density at radius 3 is 2.73 bits per heavy atom. The smallest absolute Gasteiger partial charge is 0.308 e. The van der Waals surface area contributed by atoms with Crippen molar-refractivity contribution in [1.29, 1.82) is 0 Å². The molecular formula is C16H17ClN2O2S. The summed E-state index contributed by atoms with van der Waals surface area (Å²) in [6.45, 7) is 4.05. The number of halogens is 1. The Labute approximate surface area is 138 Å². The molecule has 22 heavy (non-hydrogen) atoms. The number of aromatic nitrogens is 1. The van der Waals surface area contributed by atoms with Gasteiger partial charge in [0.2, 0.25) is 0 Å². The third-order valence-electron chi connectivity index (χ3n) is 4.07. The van der Waals surface area contributed by atoms with Gasteiger partial charge < -0.3 is 5.11 Å². The first-order valence-corrected chi connectivity index (χ1v) is 8.31. The lowest BCUT2D eigenvalue weighted by atomic mass is 9.89. The summed E-state index contributed by atoms with van der Waals surface area (Å²) < 4.78 is 4.28. The molecule has 0 saturated carbocycles. The van der Waals surface area contributed by atoms with E-state index in [4.69, 9.17) is 11.6 Å². The zero-order chi connectivity index (χ0) is 15.7. The van der Waals surface area contributed by atoms with Gasteiger partial charge in [0, 0.05) is 35.5 Å². The summed E-state index contributed by atoms with van der Waals surface area (Å²) in [4.78, 5) is 15.0. The molecule has 116 valence electrons. The van der Waals surface area contributed by atoms with Crippen molar-refractivity contribution < 1.29 is 9.90 Å². The predicted molar refractivity (Wildman–Crippen MR) is 87.4 cm³/mol. The van der Waals surface area contributed by atoms with Crippen molar-refractivity contribution in [1.82, 2.24) is 9.27 Å². The topological polar surface area (TPSA) is 53.4 Å². The molecule has 0 aliphatic carbocycles. The normalized spacial score (nSPS) is 22.1. The first-order chi connectivity index (χ1) is 10.5. The molecule has 1 saturated heterocycles. The second-order valence-corrected chi connectivity index (χ2v) is 7.06. The van der Waals surface area contributed by atoms with Gasteiger partial charge in [-0.25, -0.2) is 0 Å². The van der Waals surface area contributed by atoms with E-state index in [1.807, 2.05) is 31.2 Å². The number of benzene rings is 1. The maximum absolute atomic E-state index is 11.6. The number of hydrogen-bond donors (Lipinski definition) is 1. The van der Waals surface area contributed by atoms with Gasteiger partial charge in [-0.2, -0.15) is 4.37 Å². The molecule has 0 amide bonds. The third kappa shape index (κ3) is 3.32. The fourth-order valence-electron chi connectivity index (χ4n) is 3.02. The molecule has 0 bridgehead atoms. The van der Waals surface area contributed by atoms with Crippen LogP contribution in [0.4, 0.5) is 0 Å². The number of carbonyl (C=O) groups is 1. The van der Waals surface area contributed by atoms with Crippen molar-refractivity contribution >= 4 is 29.1 Å². The summed E-state index contributed by atoms with van der Waals surface area (Å²) in [7, 11) is 0. The van der Waals surface area contributed by atoms with E-state index in [-0.39, 0.29) is 11.8 Å². The van der Waals surface area contributed by atoms with E-state index < -0.39 is 5.97 Å². The SMILES string of the molecule is Cc1cc(CN2C[C@H](C(=O)O)[C@@H](c3ccc(Cl)cc3)C2)sn1. The Hall–Kier alpha value is -1.43. The Bertz CT molecular complexity index is 671. The molecule has 0 spiro atoms. The van der Waals surface area contributed by atoms with Crippen molar-refractivity contribution in [2.75, 3.05) is 13.1 Å². The molecule has 2 aromatic rings. The van der Waals surface area contributed by atoms with Crippen LogP contribution in [0.5, 0.6) is 0 Å². The van der Waals surface area contributed by atoms with Crippen LogP contribution in [0.2, 0.25) is 5.02 Å². The third-order valence-corrected chi connectivity index (χ3v) is 5.18. The van der Waals surface area contributed by atoms with Crippen LogP contribution >= 0.6 is 23.1 Å². The van der Waals surface area contributed by atoms with Crippen molar-refractivity contribution in [3.05, 3.63) is 51.5 Å². The summed E-state index contributed by atoms with van der Waals surface area (Å²) in [5, 5.41) is 10.2. The number of rotatable bonds is 4. The molecular weight excluding hydrogens is 320 g/mol. The lowest BCUT2D eigenvalue weighted by Crippen LogP contribution is -2.22. The van der Waals surface area contributed by atoms with Crippen molar-refractivity contribution in [2.45, 2.75) is 19.4 Å². The highest BCUT2D eigenvalue weighted by Gasteiger charge is 2.38. The Kier molecular flexibility index (Phi) is 4.47. The van der Waals surface area contributed by atoms with Gasteiger partial charge in [-0.05, 0) is 42.2 Å². The molecule has 1 aromatic heterocycles. The van der Waals surface area contributed by atoms with Gasteiger partial charge in [-0.3, -0.25) is 9.69 Å². The van der Waals surface area contributed by atoms with Crippen LogP contribution in [0.25, 0.3) is 0 Å². The van der Waals surface area contributed by atoms with Crippen LogP contribution < -0.4 is 0 Å². The van der Waals surface area contributed by atoms with Crippen molar-refractivity contribution in [2.24, 2.45) is 5.92 Å². The first-order valence-electron chi connectivity index (χ1n) is 7.16. The molecule has 3 rings (SSSR count). The van der Waals surface area contributed by atoms with Crippen LogP contribution in [0.15, 0.2) is 30.3 Å². The number of aryl methyl sites for hydroxylation is 1. The molecule has 2 heterocycles. The number of hydrogen-bond acceptors (Lipinski definition) is 4. The number of aliphatic carboxylic acids is 1. The minimum Gasteiger partial charge on any atom is -0.481 e. The molecule has 6 heteroatoms. The fourth-order valence-corrected chi connectivity index (χ4v) is 3.93.